The van der Waals surface area contributed by atoms with Crippen molar-refractivity contribution in [1.29, 1.82) is 0 Å². The third-order valence-electron chi connectivity index (χ3n) is 3.93. The van der Waals surface area contributed by atoms with Gasteiger partial charge in [-0.05, 0) is 31.2 Å². The molecule has 0 radical (unpaired) electrons. The van der Waals surface area contributed by atoms with Gasteiger partial charge in [0.2, 0.25) is 5.95 Å². The summed E-state index contributed by atoms with van der Waals surface area (Å²) in [5, 5.41) is 5.98. The number of rotatable bonds is 5. The van der Waals surface area contributed by atoms with Gasteiger partial charge in [0.15, 0.2) is 0 Å². The normalized spacial score (nSPS) is 11.2. The van der Waals surface area contributed by atoms with Crippen LogP contribution in [0.2, 0.25) is 10.0 Å². The molecule has 27 heavy (non-hydrogen) atoms. The summed E-state index contributed by atoms with van der Waals surface area (Å²) in [5.74, 6) is 0.732. The maximum Gasteiger partial charge on any atom is 0.221 e. The number of aryl methyl sites for hydroxylation is 1. The third-order valence-corrected chi connectivity index (χ3v) is 5.39. The lowest BCUT2D eigenvalue weighted by Gasteiger charge is -2.14. The van der Waals surface area contributed by atoms with Gasteiger partial charge in [0, 0.05) is 27.7 Å². The topological polar surface area (TPSA) is 78.8 Å². The first-order chi connectivity index (χ1) is 13.0. The molecule has 0 saturated carbocycles. The Kier molecular flexibility index (Phi) is 4.90. The van der Waals surface area contributed by atoms with Crippen LogP contribution in [-0.4, -0.2) is 26.4 Å². The number of fused-ring (bicyclic) bond motifs is 1. The molecule has 0 fully saturated rings. The molecule has 2 N–H and O–H groups in total. The Hall–Kier alpha value is -2.35. The predicted octanol–water partition coefficient (Wildman–Crippen LogP) is 4.83. The molecule has 4 aromatic rings. The second kappa shape index (κ2) is 7.34. The largest absolute Gasteiger partial charge is 0.491 e. The van der Waals surface area contributed by atoms with E-state index >= 15 is 0 Å². The van der Waals surface area contributed by atoms with Crippen LogP contribution in [0.4, 0.5) is 5.95 Å². The van der Waals surface area contributed by atoms with E-state index in [1.807, 2.05) is 25.3 Å². The maximum absolute atomic E-state index is 6.53. The standard InChI is InChI=1S/C18H15Cl2N5OS/c1-10-7-12-16(23-18(21)24-17(12)27-10)15-13(20)8-11(19)9-14(15)26-6-5-25-4-2-3-22-25/h2-4,7-9H,5-6H2,1H3,(H2,21,23,24). The molecule has 138 valence electrons. The minimum Gasteiger partial charge on any atom is -0.491 e. The average molecular weight is 420 g/mol. The van der Waals surface area contributed by atoms with E-state index in [1.54, 1.807) is 34.3 Å². The Labute approximate surface area is 169 Å². The fourth-order valence-electron chi connectivity index (χ4n) is 2.82. The molecule has 3 aromatic heterocycles. The highest BCUT2D eigenvalue weighted by atomic mass is 35.5. The van der Waals surface area contributed by atoms with E-state index in [0.29, 0.717) is 40.2 Å². The van der Waals surface area contributed by atoms with Crippen LogP contribution in [0, 0.1) is 6.92 Å². The second-order valence-corrected chi connectivity index (χ2v) is 7.96. The summed E-state index contributed by atoms with van der Waals surface area (Å²) in [6, 6.07) is 7.28. The van der Waals surface area contributed by atoms with E-state index in [0.717, 1.165) is 15.1 Å². The van der Waals surface area contributed by atoms with Crippen molar-refractivity contribution in [2.45, 2.75) is 13.5 Å². The van der Waals surface area contributed by atoms with Crippen molar-refractivity contribution in [1.82, 2.24) is 19.7 Å². The molecule has 0 amide bonds. The Bertz CT molecular complexity index is 1110. The van der Waals surface area contributed by atoms with E-state index in [1.165, 1.54) is 0 Å². The van der Waals surface area contributed by atoms with Crippen LogP contribution in [0.1, 0.15) is 4.88 Å². The number of ether oxygens (including phenoxy) is 1. The van der Waals surface area contributed by atoms with E-state index in [9.17, 15) is 0 Å². The van der Waals surface area contributed by atoms with Crippen LogP contribution in [-0.2, 0) is 6.54 Å². The van der Waals surface area contributed by atoms with Gasteiger partial charge in [-0.1, -0.05) is 23.2 Å². The summed E-state index contributed by atoms with van der Waals surface area (Å²) in [5.41, 5.74) is 7.22. The van der Waals surface area contributed by atoms with Crippen molar-refractivity contribution >= 4 is 50.7 Å². The van der Waals surface area contributed by atoms with Gasteiger partial charge in [0.1, 0.15) is 17.2 Å². The van der Waals surface area contributed by atoms with Crippen LogP contribution in [0.15, 0.2) is 36.7 Å². The molecule has 0 unspecified atom stereocenters. The second-order valence-electron chi connectivity index (χ2n) is 5.88. The molecule has 0 saturated heterocycles. The van der Waals surface area contributed by atoms with Crippen LogP contribution in [0.5, 0.6) is 5.75 Å². The number of nitrogens with zero attached hydrogens (tertiary/aromatic N) is 4. The smallest absolute Gasteiger partial charge is 0.221 e. The van der Waals surface area contributed by atoms with Crippen molar-refractivity contribution in [2.75, 3.05) is 12.3 Å². The molecule has 4 rings (SSSR count). The number of halogens is 2. The number of aromatic nitrogens is 4. The lowest BCUT2D eigenvalue weighted by Crippen LogP contribution is -2.09. The first-order valence-corrected chi connectivity index (χ1v) is 9.72. The Morgan fingerprint density at radius 2 is 2.07 bits per heavy atom. The highest BCUT2D eigenvalue weighted by molar-refractivity contribution is 7.18. The maximum atomic E-state index is 6.53. The summed E-state index contributed by atoms with van der Waals surface area (Å²) in [7, 11) is 0. The van der Waals surface area contributed by atoms with Gasteiger partial charge in [0.05, 0.1) is 22.8 Å². The quantitative estimate of drug-likeness (QED) is 0.500. The zero-order valence-electron chi connectivity index (χ0n) is 14.3. The molecule has 9 heteroatoms. The number of nitrogen functional groups attached to an aromatic ring is 1. The Morgan fingerprint density at radius 1 is 1.22 bits per heavy atom. The molecule has 0 spiro atoms. The lowest BCUT2D eigenvalue weighted by atomic mass is 10.1. The van der Waals surface area contributed by atoms with Crippen molar-refractivity contribution in [3.05, 3.63) is 51.6 Å². The van der Waals surface area contributed by atoms with E-state index < -0.39 is 0 Å². The number of thiophene rings is 1. The van der Waals surface area contributed by atoms with Crippen molar-refractivity contribution in [2.24, 2.45) is 0 Å². The minimum absolute atomic E-state index is 0.188. The summed E-state index contributed by atoms with van der Waals surface area (Å²) in [6.07, 6.45) is 3.60. The average Bonchev–Trinajstić information content (AvgIpc) is 3.22. The highest BCUT2D eigenvalue weighted by Gasteiger charge is 2.19. The van der Waals surface area contributed by atoms with Gasteiger partial charge in [-0.25, -0.2) is 9.97 Å². The number of nitrogens with two attached hydrogens (primary N) is 1. The van der Waals surface area contributed by atoms with Gasteiger partial charge >= 0.3 is 0 Å². The monoisotopic (exact) mass is 419 g/mol. The molecule has 0 bridgehead atoms. The Balaban J connectivity index is 1.78. The molecule has 0 aliphatic carbocycles. The van der Waals surface area contributed by atoms with Gasteiger partial charge < -0.3 is 10.5 Å². The molecule has 0 atom stereocenters. The SMILES string of the molecule is Cc1cc2c(-c3c(Cl)cc(Cl)cc3OCCn3cccn3)nc(N)nc2s1. The number of benzene rings is 1. The van der Waals surface area contributed by atoms with E-state index in [2.05, 4.69) is 15.1 Å². The zero-order valence-corrected chi connectivity index (χ0v) is 16.6. The summed E-state index contributed by atoms with van der Waals surface area (Å²) < 4.78 is 7.78. The van der Waals surface area contributed by atoms with Gasteiger partial charge in [-0.2, -0.15) is 5.10 Å². The number of hydrogen-bond acceptors (Lipinski definition) is 6. The zero-order chi connectivity index (χ0) is 19.0. The van der Waals surface area contributed by atoms with Crippen LogP contribution >= 0.6 is 34.5 Å². The summed E-state index contributed by atoms with van der Waals surface area (Å²) >= 11 is 14.3. The summed E-state index contributed by atoms with van der Waals surface area (Å²) in [4.78, 5) is 10.7. The highest BCUT2D eigenvalue weighted by Crippen LogP contribution is 2.42. The molecule has 0 aliphatic heterocycles. The van der Waals surface area contributed by atoms with Crippen LogP contribution < -0.4 is 10.5 Å². The van der Waals surface area contributed by atoms with E-state index in [-0.39, 0.29) is 5.95 Å². The fourth-order valence-corrected chi connectivity index (χ4v) is 4.28. The van der Waals surface area contributed by atoms with E-state index in [4.69, 9.17) is 33.7 Å². The number of anilines is 1. The van der Waals surface area contributed by atoms with Crippen molar-refractivity contribution in [3.8, 4) is 17.0 Å². The fraction of sp³-hybridized carbons (Fsp3) is 0.167. The van der Waals surface area contributed by atoms with Crippen LogP contribution in [0.25, 0.3) is 21.5 Å². The van der Waals surface area contributed by atoms with Crippen LogP contribution in [0.3, 0.4) is 0 Å². The summed E-state index contributed by atoms with van der Waals surface area (Å²) in [6.45, 7) is 3.00. The molecular weight excluding hydrogens is 405 g/mol. The van der Waals surface area contributed by atoms with Crippen molar-refractivity contribution in [3.63, 3.8) is 0 Å². The number of hydrogen-bond donors (Lipinski definition) is 1. The molecule has 1 aromatic carbocycles. The predicted molar refractivity (Wildman–Crippen MR) is 110 cm³/mol. The molecule has 3 heterocycles. The molecule has 0 aliphatic rings. The third kappa shape index (κ3) is 3.71. The van der Waals surface area contributed by atoms with Gasteiger partial charge in [-0.15, -0.1) is 11.3 Å². The molecular formula is C18H15Cl2N5OS. The first-order valence-electron chi connectivity index (χ1n) is 8.14. The van der Waals surface area contributed by atoms with Gasteiger partial charge in [0.25, 0.3) is 0 Å². The molecule has 6 nitrogen and oxygen atoms in total. The van der Waals surface area contributed by atoms with Crippen molar-refractivity contribution < 1.29 is 4.74 Å². The minimum atomic E-state index is 0.188. The Morgan fingerprint density at radius 3 is 2.85 bits per heavy atom. The lowest BCUT2D eigenvalue weighted by molar-refractivity contribution is 0.292. The first kappa shape index (κ1) is 18.0. The van der Waals surface area contributed by atoms with Gasteiger partial charge in [-0.3, -0.25) is 4.68 Å².